The van der Waals surface area contributed by atoms with Gasteiger partial charge < -0.3 is 0 Å². The molecule has 2 heterocycles. The molecule has 3 aromatic rings. The highest BCUT2D eigenvalue weighted by Gasteiger charge is 2.12. The molecule has 0 radical (unpaired) electrons. The van der Waals surface area contributed by atoms with Gasteiger partial charge >= 0.3 is 0 Å². The van der Waals surface area contributed by atoms with Crippen LogP contribution in [-0.4, -0.2) is 10.4 Å². The van der Waals surface area contributed by atoms with E-state index >= 15 is 0 Å². The molecule has 1 aliphatic carbocycles. The fourth-order valence-electron chi connectivity index (χ4n) is 2.87. The standard InChI is InChI=1S/C19H19N3S2/c1-2-7-15(8-3-1)13-20-19-22(21-16-9-4-5-10-16)17(14-24-19)18-11-6-12-23-18/h1-3,6-8,11-12,14H,4-5,9-10,13H2. The van der Waals surface area contributed by atoms with Crippen LogP contribution in [0.15, 0.2) is 63.3 Å². The SMILES string of the molecule is c1ccc(CN=c2scc(-c3cccs3)n2N=C2CCCC2)cc1. The Hall–Kier alpha value is -1.98. The third kappa shape index (κ3) is 3.42. The Bertz CT molecular complexity index is 878. The molecule has 1 aromatic carbocycles. The van der Waals surface area contributed by atoms with Crippen LogP contribution < -0.4 is 4.80 Å². The minimum Gasteiger partial charge on any atom is -0.253 e. The monoisotopic (exact) mass is 353 g/mol. The van der Waals surface area contributed by atoms with E-state index in [1.54, 1.807) is 22.7 Å². The van der Waals surface area contributed by atoms with E-state index in [-0.39, 0.29) is 0 Å². The first-order valence-electron chi connectivity index (χ1n) is 8.26. The first-order chi connectivity index (χ1) is 11.9. The van der Waals surface area contributed by atoms with Gasteiger partial charge in [0.05, 0.1) is 17.1 Å². The molecule has 2 aromatic heterocycles. The highest BCUT2D eigenvalue weighted by atomic mass is 32.1. The van der Waals surface area contributed by atoms with Crippen molar-refractivity contribution in [2.24, 2.45) is 10.1 Å². The first kappa shape index (κ1) is 15.5. The molecule has 0 amide bonds. The number of benzene rings is 1. The lowest BCUT2D eigenvalue weighted by Crippen LogP contribution is -2.13. The Morgan fingerprint density at radius 1 is 0.958 bits per heavy atom. The Morgan fingerprint density at radius 3 is 2.54 bits per heavy atom. The molecule has 0 atom stereocenters. The summed E-state index contributed by atoms with van der Waals surface area (Å²) in [4.78, 5) is 7.05. The van der Waals surface area contributed by atoms with Crippen molar-refractivity contribution in [1.29, 1.82) is 0 Å². The third-order valence-corrected chi connectivity index (χ3v) is 5.87. The van der Waals surface area contributed by atoms with Crippen LogP contribution >= 0.6 is 22.7 Å². The van der Waals surface area contributed by atoms with Crippen molar-refractivity contribution in [2.75, 3.05) is 0 Å². The molecule has 0 N–H and O–H groups in total. The van der Waals surface area contributed by atoms with Gasteiger partial charge in [-0.2, -0.15) is 5.10 Å². The van der Waals surface area contributed by atoms with Crippen molar-refractivity contribution >= 4 is 28.4 Å². The minimum atomic E-state index is 0.691. The molecule has 4 rings (SSSR count). The van der Waals surface area contributed by atoms with E-state index in [2.05, 4.69) is 51.8 Å². The second-order valence-corrected chi connectivity index (χ2v) is 7.65. The summed E-state index contributed by atoms with van der Waals surface area (Å²) in [5.41, 5.74) is 3.68. The van der Waals surface area contributed by atoms with Crippen molar-refractivity contribution < 1.29 is 0 Å². The first-order valence-corrected chi connectivity index (χ1v) is 10.0. The van der Waals surface area contributed by atoms with Crippen molar-refractivity contribution in [2.45, 2.75) is 32.2 Å². The minimum absolute atomic E-state index is 0.691. The van der Waals surface area contributed by atoms with Gasteiger partial charge in [-0.05, 0) is 42.7 Å². The van der Waals surface area contributed by atoms with Crippen LogP contribution in [0.2, 0.25) is 0 Å². The highest BCUT2D eigenvalue weighted by Crippen LogP contribution is 2.26. The van der Waals surface area contributed by atoms with Gasteiger partial charge in [-0.25, -0.2) is 4.68 Å². The molecule has 5 heteroatoms. The molecule has 122 valence electrons. The zero-order valence-corrected chi connectivity index (χ0v) is 15.0. The smallest absolute Gasteiger partial charge is 0.206 e. The Balaban J connectivity index is 1.75. The molecular formula is C19H19N3S2. The Morgan fingerprint density at radius 2 is 1.79 bits per heavy atom. The predicted octanol–water partition coefficient (Wildman–Crippen LogP) is 5.16. The molecule has 0 bridgehead atoms. The lowest BCUT2D eigenvalue weighted by molar-refractivity contribution is 0.815. The molecule has 24 heavy (non-hydrogen) atoms. The largest absolute Gasteiger partial charge is 0.253 e. The molecular weight excluding hydrogens is 334 g/mol. The number of thiophene rings is 1. The van der Waals surface area contributed by atoms with Gasteiger partial charge in [-0.3, -0.25) is 4.99 Å². The maximum absolute atomic E-state index is 4.94. The number of nitrogens with zero attached hydrogens (tertiary/aromatic N) is 3. The Labute approximate surface area is 149 Å². The topological polar surface area (TPSA) is 29.6 Å². The van der Waals surface area contributed by atoms with E-state index in [0.29, 0.717) is 6.54 Å². The zero-order chi connectivity index (χ0) is 16.2. The number of thiazole rings is 1. The van der Waals surface area contributed by atoms with Crippen molar-refractivity contribution in [1.82, 2.24) is 4.68 Å². The van der Waals surface area contributed by atoms with Crippen molar-refractivity contribution in [3.8, 4) is 10.6 Å². The summed E-state index contributed by atoms with van der Waals surface area (Å²) < 4.78 is 2.06. The van der Waals surface area contributed by atoms with Crippen LogP contribution in [0.1, 0.15) is 31.2 Å². The van der Waals surface area contributed by atoms with Gasteiger partial charge in [-0.15, -0.1) is 22.7 Å². The van der Waals surface area contributed by atoms with E-state index in [0.717, 1.165) is 23.3 Å². The summed E-state index contributed by atoms with van der Waals surface area (Å²) in [6.45, 7) is 0.691. The van der Waals surface area contributed by atoms with E-state index in [1.165, 1.54) is 29.0 Å². The Kier molecular flexibility index (Phi) is 4.71. The maximum atomic E-state index is 4.94. The van der Waals surface area contributed by atoms with Crippen LogP contribution in [0.5, 0.6) is 0 Å². The zero-order valence-electron chi connectivity index (χ0n) is 13.4. The molecule has 1 aliphatic rings. The number of aromatic nitrogens is 1. The van der Waals surface area contributed by atoms with Crippen LogP contribution in [0.4, 0.5) is 0 Å². The van der Waals surface area contributed by atoms with E-state index in [1.807, 2.05) is 6.07 Å². The van der Waals surface area contributed by atoms with E-state index in [4.69, 9.17) is 10.1 Å². The fraction of sp³-hybridized carbons (Fsp3) is 0.263. The lowest BCUT2D eigenvalue weighted by Gasteiger charge is -2.03. The van der Waals surface area contributed by atoms with Gasteiger partial charge in [0.15, 0.2) is 0 Å². The van der Waals surface area contributed by atoms with Crippen LogP contribution in [0, 0.1) is 0 Å². The van der Waals surface area contributed by atoms with Gasteiger partial charge in [0.25, 0.3) is 0 Å². The van der Waals surface area contributed by atoms with Crippen molar-refractivity contribution in [3.63, 3.8) is 0 Å². The highest BCUT2D eigenvalue weighted by molar-refractivity contribution is 7.14. The molecule has 0 spiro atoms. The van der Waals surface area contributed by atoms with Gasteiger partial charge in [0.2, 0.25) is 4.80 Å². The second-order valence-electron chi connectivity index (χ2n) is 5.87. The van der Waals surface area contributed by atoms with Crippen LogP contribution in [-0.2, 0) is 6.54 Å². The van der Waals surface area contributed by atoms with E-state index in [9.17, 15) is 0 Å². The molecule has 0 unspecified atom stereocenters. The van der Waals surface area contributed by atoms with Gasteiger partial charge in [0, 0.05) is 11.1 Å². The summed E-state index contributed by atoms with van der Waals surface area (Å²) in [5, 5.41) is 9.23. The fourth-order valence-corrected chi connectivity index (χ4v) is 4.49. The quantitative estimate of drug-likeness (QED) is 0.620. The number of hydrogen-bond donors (Lipinski definition) is 0. The lowest BCUT2D eigenvalue weighted by atomic mass is 10.2. The third-order valence-electron chi connectivity index (χ3n) is 4.12. The molecule has 0 saturated heterocycles. The number of hydrogen-bond acceptors (Lipinski definition) is 4. The molecule has 1 saturated carbocycles. The van der Waals surface area contributed by atoms with E-state index < -0.39 is 0 Å². The normalized spacial score (nSPS) is 15.2. The van der Waals surface area contributed by atoms with Crippen molar-refractivity contribution in [3.05, 3.63) is 63.6 Å². The van der Waals surface area contributed by atoms with Crippen LogP contribution in [0.25, 0.3) is 10.6 Å². The summed E-state index contributed by atoms with van der Waals surface area (Å²) in [6.07, 6.45) is 4.75. The molecule has 1 fully saturated rings. The van der Waals surface area contributed by atoms with Gasteiger partial charge in [-0.1, -0.05) is 36.4 Å². The maximum Gasteiger partial charge on any atom is 0.206 e. The number of rotatable bonds is 4. The summed E-state index contributed by atoms with van der Waals surface area (Å²) in [7, 11) is 0. The second kappa shape index (κ2) is 7.28. The molecule has 0 aliphatic heterocycles. The molecule has 3 nitrogen and oxygen atoms in total. The summed E-state index contributed by atoms with van der Waals surface area (Å²) >= 11 is 3.42. The van der Waals surface area contributed by atoms with Gasteiger partial charge in [0.1, 0.15) is 0 Å². The summed E-state index contributed by atoms with van der Waals surface area (Å²) in [5.74, 6) is 0. The van der Waals surface area contributed by atoms with Crippen LogP contribution in [0.3, 0.4) is 0 Å². The average molecular weight is 354 g/mol. The predicted molar refractivity (Wildman–Crippen MR) is 103 cm³/mol. The average Bonchev–Trinajstić information content (AvgIpc) is 3.37. The summed E-state index contributed by atoms with van der Waals surface area (Å²) in [6, 6.07) is 14.6.